The molecule has 3 nitrogen and oxygen atoms in total. The summed E-state index contributed by atoms with van der Waals surface area (Å²) in [6, 6.07) is 7.24. The van der Waals surface area contributed by atoms with Crippen LogP contribution in [0.5, 0.6) is 5.75 Å². The molecule has 0 aromatic heterocycles. The second-order valence-corrected chi connectivity index (χ2v) is 3.87. The van der Waals surface area contributed by atoms with E-state index in [1.54, 1.807) is 33.2 Å². The summed E-state index contributed by atoms with van der Waals surface area (Å²) in [6.07, 6.45) is 0. The van der Waals surface area contributed by atoms with Gasteiger partial charge in [-0.25, -0.2) is 0 Å². The van der Waals surface area contributed by atoms with E-state index in [0.29, 0.717) is 0 Å². The highest BCUT2D eigenvalue weighted by Crippen LogP contribution is 2.19. The number of benzene rings is 1. The van der Waals surface area contributed by atoms with Crippen LogP contribution in [0.2, 0.25) is 0 Å². The number of hydrogen-bond donors (Lipinski definition) is 0. The lowest BCUT2D eigenvalue weighted by atomic mass is 10.2. The van der Waals surface area contributed by atoms with E-state index in [4.69, 9.17) is 16.3 Å². The summed E-state index contributed by atoms with van der Waals surface area (Å²) in [5.41, 5.74) is 0.799. The normalized spacial score (nSPS) is 12.0. The molecule has 0 bridgehead atoms. The molecule has 0 aliphatic rings. The van der Waals surface area contributed by atoms with Gasteiger partial charge in [0.1, 0.15) is 11.1 Å². The Morgan fingerprint density at radius 2 is 1.93 bits per heavy atom. The van der Waals surface area contributed by atoms with Crippen LogP contribution in [0.3, 0.4) is 0 Å². The fourth-order valence-corrected chi connectivity index (χ4v) is 1.35. The van der Waals surface area contributed by atoms with Crippen LogP contribution in [0.1, 0.15) is 6.92 Å². The Labute approximate surface area is 94.6 Å². The van der Waals surface area contributed by atoms with Crippen LogP contribution < -0.4 is 9.64 Å². The van der Waals surface area contributed by atoms with Gasteiger partial charge in [0.05, 0.1) is 7.11 Å². The predicted molar refractivity (Wildman–Crippen MR) is 61.7 cm³/mol. The Balaban J connectivity index is 2.82. The van der Waals surface area contributed by atoms with Crippen molar-refractivity contribution in [1.82, 2.24) is 0 Å². The standard InChI is InChI=1S/C11H14ClNO2/c1-8(12)11(14)13(2)9-4-6-10(15-3)7-5-9/h4-8H,1-3H3. The molecule has 1 rings (SSSR count). The number of ether oxygens (including phenoxy) is 1. The quantitative estimate of drug-likeness (QED) is 0.742. The third kappa shape index (κ3) is 2.86. The molecule has 0 heterocycles. The van der Waals surface area contributed by atoms with Crippen molar-refractivity contribution in [3.8, 4) is 5.75 Å². The van der Waals surface area contributed by atoms with E-state index in [0.717, 1.165) is 11.4 Å². The maximum atomic E-state index is 11.6. The first-order valence-corrected chi connectivity index (χ1v) is 5.05. The zero-order chi connectivity index (χ0) is 11.4. The van der Waals surface area contributed by atoms with Gasteiger partial charge in [-0.1, -0.05) is 0 Å². The molecule has 0 fully saturated rings. The SMILES string of the molecule is COc1ccc(N(C)C(=O)C(C)Cl)cc1. The Hall–Kier alpha value is -1.22. The molecule has 1 atom stereocenters. The summed E-state index contributed by atoms with van der Waals surface area (Å²) in [5.74, 6) is 0.639. The molecular formula is C11H14ClNO2. The van der Waals surface area contributed by atoms with Crippen molar-refractivity contribution >= 4 is 23.2 Å². The first-order chi connectivity index (χ1) is 7.06. The average Bonchev–Trinajstić information content (AvgIpc) is 2.27. The highest BCUT2D eigenvalue weighted by molar-refractivity contribution is 6.32. The smallest absolute Gasteiger partial charge is 0.244 e. The maximum Gasteiger partial charge on any atom is 0.244 e. The van der Waals surface area contributed by atoms with E-state index in [1.165, 1.54) is 4.90 Å². The van der Waals surface area contributed by atoms with Crippen LogP contribution in [-0.2, 0) is 4.79 Å². The number of halogens is 1. The van der Waals surface area contributed by atoms with Crippen molar-refractivity contribution < 1.29 is 9.53 Å². The van der Waals surface area contributed by atoms with Crippen LogP contribution in [0.25, 0.3) is 0 Å². The summed E-state index contributed by atoms with van der Waals surface area (Å²) >= 11 is 5.72. The molecule has 0 N–H and O–H groups in total. The van der Waals surface area contributed by atoms with Gasteiger partial charge in [0, 0.05) is 12.7 Å². The van der Waals surface area contributed by atoms with Gasteiger partial charge in [-0.15, -0.1) is 11.6 Å². The third-order valence-corrected chi connectivity index (χ3v) is 2.32. The number of methoxy groups -OCH3 is 1. The molecule has 0 radical (unpaired) electrons. The van der Waals surface area contributed by atoms with Gasteiger partial charge >= 0.3 is 0 Å². The van der Waals surface area contributed by atoms with Gasteiger partial charge in [-0.2, -0.15) is 0 Å². The number of rotatable bonds is 3. The second-order valence-electron chi connectivity index (χ2n) is 3.21. The molecule has 15 heavy (non-hydrogen) atoms. The third-order valence-electron chi connectivity index (χ3n) is 2.13. The molecule has 4 heteroatoms. The summed E-state index contributed by atoms with van der Waals surface area (Å²) in [4.78, 5) is 13.1. The van der Waals surface area contributed by atoms with Crippen molar-refractivity contribution in [1.29, 1.82) is 0 Å². The molecule has 0 aliphatic heterocycles. The van der Waals surface area contributed by atoms with E-state index in [9.17, 15) is 4.79 Å². The Morgan fingerprint density at radius 1 is 1.40 bits per heavy atom. The predicted octanol–water partition coefficient (Wildman–Crippen LogP) is 2.29. The number of amides is 1. The Kier molecular flexibility index (Phi) is 3.97. The zero-order valence-corrected chi connectivity index (χ0v) is 9.78. The van der Waals surface area contributed by atoms with Gasteiger partial charge in [0.2, 0.25) is 5.91 Å². The maximum absolute atomic E-state index is 11.6. The van der Waals surface area contributed by atoms with E-state index in [2.05, 4.69) is 0 Å². The summed E-state index contributed by atoms with van der Waals surface area (Å²) in [6.45, 7) is 1.66. The van der Waals surface area contributed by atoms with E-state index in [-0.39, 0.29) is 5.91 Å². The van der Waals surface area contributed by atoms with Crippen molar-refractivity contribution in [3.63, 3.8) is 0 Å². The molecule has 0 spiro atoms. The number of hydrogen-bond acceptors (Lipinski definition) is 2. The van der Waals surface area contributed by atoms with Crippen molar-refractivity contribution in [2.24, 2.45) is 0 Å². The summed E-state index contributed by atoms with van der Waals surface area (Å²) < 4.78 is 5.03. The molecule has 82 valence electrons. The molecule has 0 saturated heterocycles. The molecule has 1 amide bonds. The van der Waals surface area contributed by atoms with Gasteiger partial charge < -0.3 is 9.64 Å². The topological polar surface area (TPSA) is 29.5 Å². The number of anilines is 1. The first kappa shape index (κ1) is 11.9. The highest BCUT2D eigenvalue weighted by atomic mass is 35.5. The number of alkyl halides is 1. The molecule has 1 aromatic rings. The molecule has 1 aromatic carbocycles. The van der Waals surface area contributed by atoms with E-state index >= 15 is 0 Å². The van der Waals surface area contributed by atoms with Crippen LogP contribution in [0.15, 0.2) is 24.3 Å². The first-order valence-electron chi connectivity index (χ1n) is 4.62. The van der Waals surface area contributed by atoms with E-state index in [1.807, 2.05) is 12.1 Å². The van der Waals surface area contributed by atoms with Crippen molar-refractivity contribution in [2.45, 2.75) is 12.3 Å². The zero-order valence-electron chi connectivity index (χ0n) is 9.03. The minimum absolute atomic E-state index is 0.123. The van der Waals surface area contributed by atoms with Gasteiger partial charge in [0.25, 0.3) is 0 Å². The lowest BCUT2D eigenvalue weighted by molar-refractivity contribution is -0.117. The van der Waals surface area contributed by atoms with Crippen LogP contribution >= 0.6 is 11.6 Å². The van der Waals surface area contributed by atoms with Crippen LogP contribution in [0, 0.1) is 0 Å². The number of carbonyl (C=O) groups excluding carboxylic acids is 1. The van der Waals surface area contributed by atoms with Crippen LogP contribution in [0.4, 0.5) is 5.69 Å². The van der Waals surface area contributed by atoms with Gasteiger partial charge in [-0.3, -0.25) is 4.79 Å². The van der Waals surface area contributed by atoms with Crippen molar-refractivity contribution in [2.75, 3.05) is 19.1 Å². The average molecular weight is 228 g/mol. The Morgan fingerprint density at radius 3 is 2.33 bits per heavy atom. The minimum Gasteiger partial charge on any atom is -0.497 e. The Bertz CT molecular complexity index is 335. The van der Waals surface area contributed by atoms with Gasteiger partial charge in [0.15, 0.2) is 0 Å². The molecule has 0 saturated carbocycles. The molecular weight excluding hydrogens is 214 g/mol. The fourth-order valence-electron chi connectivity index (χ4n) is 1.20. The fraction of sp³-hybridized carbons (Fsp3) is 0.364. The van der Waals surface area contributed by atoms with Crippen molar-refractivity contribution in [3.05, 3.63) is 24.3 Å². The monoisotopic (exact) mass is 227 g/mol. The molecule has 1 unspecified atom stereocenters. The highest BCUT2D eigenvalue weighted by Gasteiger charge is 2.15. The number of nitrogens with zero attached hydrogens (tertiary/aromatic N) is 1. The molecule has 0 aliphatic carbocycles. The lowest BCUT2D eigenvalue weighted by Crippen LogP contribution is -2.31. The van der Waals surface area contributed by atoms with Crippen LogP contribution in [-0.4, -0.2) is 25.4 Å². The van der Waals surface area contributed by atoms with E-state index < -0.39 is 5.38 Å². The lowest BCUT2D eigenvalue weighted by Gasteiger charge is -2.18. The second kappa shape index (κ2) is 5.03. The minimum atomic E-state index is -0.517. The largest absolute Gasteiger partial charge is 0.497 e. The summed E-state index contributed by atoms with van der Waals surface area (Å²) in [7, 11) is 3.30. The number of carbonyl (C=O) groups is 1. The van der Waals surface area contributed by atoms with Gasteiger partial charge in [-0.05, 0) is 31.2 Å². The summed E-state index contributed by atoms with van der Waals surface area (Å²) in [5, 5.41) is -0.517.